The van der Waals surface area contributed by atoms with E-state index in [9.17, 15) is 9.90 Å². The van der Waals surface area contributed by atoms with Gasteiger partial charge in [0.1, 0.15) is 0 Å². The number of hydrogen-bond acceptors (Lipinski definition) is 3. The Morgan fingerprint density at radius 1 is 1.30 bits per heavy atom. The standard InChI is InChI=1S/C16H25NO2S/c1-16(2,3)9-10-17-15(19)12-20-11-14(18)13-7-5-4-6-8-13/h4-8,14,18H,9-12H2,1-3H3,(H,17,19). The second-order valence-electron chi connectivity index (χ2n) is 6.10. The van der Waals surface area contributed by atoms with Gasteiger partial charge in [-0.15, -0.1) is 11.8 Å². The molecule has 0 saturated heterocycles. The first-order valence-corrected chi connectivity index (χ1v) is 8.11. The van der Waals surface area contributed by atoms with E-state index in [1.165, 1.54) is 11.8 Å². The third-order valence-electron chi connectivity index (χ3n) is 2.89. The predicted molar refractivity (Wildman–Crippen MR) is 85.8 cm³/mol. The first kappa shape index (κ1) is 17.1. The Labute approximate surface area is 126 Å². The topological polar surface area (TPSA) is 49.3 Å². The maximum atomic E-state index is 11.6. The molecule has 1 aromatic rings. The lowest BCUT2D eigenvalue weighted by atomic mass is 9.92. The molecule has 0 aliphatic carbocycles. The Kier molecular flexibility index (Phi) is 7.10. The Bertz CT molecular complexity index is 401. The molecule has 0 fully saturated rings. The van der Waals surface area contributed by atoms with E-state index in [0.29, 0.717) is 18.1 Å². The van der Waals surface area contributed by atoms with E-state index in [0.717, 1.165) is 12.0 Å². The number of benzene rings is 1. The summed E-state index contributed by atoms with van der Waals surface area (Å²) in [5.41, 5.74) is 1.14. The third-order valence-corrected chi connectivity index (χ3v) is 3.91. The molecule has 0 heterocycles. The van der Waals surface area contributed by atoms with Crippen molar-refractivity contribution in [3.05, 3.63) is 35.9 Å². The molecule has 4 heteroatoms. The highest BCUT2D eigenvalue weighted by Gasteiger charge is 2.11. The van der Waals surface area contributed by atoms with Gasteiger partial charge in [-0.3, -0.25) is 4.79 Å². The van der Waals surface area contributed by atoms with Gasteiger partial charge in [0.05, 0.1) is 11.9 Å². The summed E-state index contributed by atoms with van der Waals surface area (Å²) in [7, 11) is 0. The van der Waals surface area contributed by atoms with E-state index in [1.54, 1.807) is 0 Å². The van der Waals surface area contributed by atoms with Crippen LogP contribution in [0.1, 0.15) is 38.9 Å². The Morgan fingerprint density at radius 3 is 2.55 bits per heavy atom. The van der Waals surface area contributed by atoms with Gasteiger partial charge < -0.3 is 10.4 Å². The molecule has 2 N–H and O–H groups in total. The minimum atomic E-state index is -0.511. The number of amides is 1. The molecule has 1 rings (SSSR count). The minimum absolute atomic E-state index is 0.0412. The molecule has 0 aliphatic heterocycles. The number of hydrogen-bond donors (Lipinski definition) is 2. The first-order valence-electron chi connectivity index (χ1n) is 6.96. The van der Waals surface area contributed by atoms with Crippen molar-refractivity contribution in [3.8, 4) is 0 Å². The van der Waals surface area contributed by atoms with Gasteiger partial charge >= 0.3 is 0 Å². The molecule has 0 bridgehead atoms. The quantitative estimate of drug-likeness (QED) is 0.813. The normalized spacial score (nSPS) is 13.0. The molecule has 1 aromatic carbocycles. The molecule has 0 spiro atoms. The highest BCUT2D eigenvalue weighted by molar-refractivity contribution is 7.99. The maximum Gasteiger partial charge on any atom is 0.229 e. The fourth-order valence-electron chi connectivity index (χ4n) is 1.66. The van der Waals surface area contributed by atoms with E-state index >= 15 is 0 Å². The van der Waals surface area contributed by atoms with E-state index in [4.69, 9.17) is 0 Å². The molecule has 20 heavy (non-hydrogen) atoms. The molecule has 1 atom stereocenters. The number of thioether (sulfide) groups is 1. The van der Waals surface area contributed by atoms with Crippen molar-refractivity contribution in [2.45, 2.75) is 33.3 Å². The summed E-state index contributed by atoms with van der Waals surface area (Å²) in [6, 6.07) is 9.53. The summed E-state index contributed by atoms with van der Waals surface area (Å²) in [5.74, 6) is 0.976. The Morgan fingerprint density at radius 2 is 1.95 bits per heavy atom. The fourth-order valence-corrected chi connectivity index (χ4v) is 2.48. The van der Waals surface area contributed by atoms with Crippen LogP contribution in [0.2, 0.25) is 0 Å². The van der Waals surface area contributed by atoms with Crippen LogP contribution in [0.3, 0.4) is 0 Å². The van der Waals surface area contributed by atoms with Crippen LogP contribution in [-0.2, 0) is 4.79 Å². The zero-order valence-corrected chi connectivity index (χ0v) is 13.4. The van der Waals surface area contributed by atoms with E-state index in [1.807, 2.05) is 30.3 Å². The molecular weight excluding hydrogens is 270 g/mol. The number of aliphatic hydroxyl groups is 1. The first-order chi connectivity index (χ1) is 9.38. The highest BCUT2D eigenvalue weighted by Crippen LogP contribution is 2.18. The van der Waals surface area contributed by atoms with Gasteiger partial charge in [0.2, 0.25) is 5.91 Å². The molecule has 0 radical (unpaired) electrons. The van der Waals surface area contributed by atoms with Gasteiger partial charge in [-0.05, 0) is 17.4 Å². The van der Waals surface area contributed by atoms with Crippen molar-refractivity contribution in [2.24, 2.45) is 5.41 Å². The number of aliphatic hydroxyl groups excluding tert-OH is 1. The third kappa shape index (κ3) is 7.56. The van der Waals surface area contributed by atoms with Crippen molar-refractivity contribution < 1.29 is 9.90 Å². The summed E-state index contributed by atoms with van der Waals surface area (Å²) in [5, 5.41) is 12.9. The zero-order chi connectivity index (χ0) is 15.0. The van der Waals surface area contributed by atoms with E-state index < -0.39 is 6.10 Å². The number of rotatable bonds is 7. The summed E-state index contributed by atoms with van der Waals surface area (Å²) in [6.07, 6.45) is 0.458. The Hall–Kier alpha value is -1.00. The molecule has 1 amide bonds. The lowest BCUT2D eigenvalue weighted by Crippen LogP contribution is -2.28. The molecule has 0 aromatic heterocycles. The molecule has 112 valence electrons. The van der Waals surface area contributed by atoms with Crippen LogP contribution in [0, 0.1) is 5.41 Å². The van der Waals surface area contributed by atoms with Crippen molar-refractivity contribution in [3.63, 3.8) is 0 Å². The summed E-state index contributed by atoms with van der Waals surface area (Å²) < 4.78 is 0. The van der Waals surface area contributed by atoms with Crippen molar-refractivity contribution in [1.82, 2.24) is 5.32 Å². The summed E-state index contributed by atoms with van der Waals surface area (Å²) in [6.45, 7) is 7.18. The van der Waals surface area contributed by atoms with Crippen LogP contribution >= 0.6 is 11.8 Å². The van der Waals surface area contributed by atoms with Gasteiger partial charge in [-0.2, -0.15) is 0 Å². The fraction of sp³-hybridized carbons (Fsp3) is 0.562. The minimum Gasteiger partial charge on any atom is -0.388 e. The summed E-state index contributed by atoms with van der Waals surface area (Å²) in [4.78, 5) is 11.6. The predicted octanol–water partition coefficient (Wildman–Crippen LogP) is 3.01. The Balaban J connectivity index is 2.16. The number of nitrogens with one attached hydrogen (secondary N) is 1. The van der Waals surface area contributed by atoms with Crippen LogP contribution < -0.4 is 5.32 Å². The van der Waals surface area contributed by atoms with Crippen LogP contribution in [0.25, 0.3) is 0 Å². The smallest absolute Gasteiger partial charge is 0.229 e. The van der Waals surface area contributed by atoms with Crippen LogP contribution in [-0.4, -0.2) is 29.1 Å². The average Bonchev–Trinajstić information content (AvgIpc) is 2.38. The number of carbonyl (C=O) groups is 1. The van der Waals surface area contributed by atoms with Gasteiger partial charge in [-0.25, -0.2) is 0 Å². The maximum absolute atomic E-state index is 11.6. The highest BCUT2D eigenvalue weighted by atomic mass is 32.2. The molecule has 1 unspecified atom stereocenters. The van der Waals surface area contributed by atoms with Gasteiger partial charge in [0.25, 0.3) is 0 Å². The van der Waals surface area contributed by atoms with Gasteiger partial charge in [-0.1, -0.05) is 51.1 Å². The largest absolute Gasteiger partial charge is 0.388 e. The van der Waals surface area contributed by atoms with Crippen molar-refractivity contribution in [2.75, 3.05) is 18.1 Å². The molecular formula is C16H25NO2S. The second kappa shape index (κ2) is 8.32. The number of carbonyl (C=O) groups excluding carboxylic acids is 1. The van der Waals surface area contributed by atoms with E-state index in [-0.39, 0.29) is 11.3 Å². The summed E-state index contributed by atoms with van der Waals surface area (Å²) >= 11 is 1.46. The lowest BCUT2D eigenvalue weighted by molar-refractivity contribution is -0.118. The molecule has 0 aliphatic rings. The van der Waals surface area contributed by atoms with Gasteiger partial charge in [0.15, 0.2) is 0 Å². The molecule has 0 saturated carbocycles. The van der Waals surface area contributed by atoms with Crippen LogP contribution in [0.15, 0.2) is 30.3 Å². The SMILES string of the molecule is CC(C)(C)CCNC(=O)CSCC(O)c1ccccc1. The second-order valence-corrected chi connectivity index (χ2v) is 7.13. The zero-order valence-electron chi connectivity index (χ0n) is 12.6. The molecule has 3 nitrogen and oxygen atoms in total. The van der Waals surface area contributed by atoms with E-state index in [2.05, 4.69) is 26.1 Å². The van der Waals surface area contributed by atoms with Crippen molar-refractivity contribution in [1.29, 1.82) is 0 Å². The lowest BCUT2D eigenvalue weighted by Gasteiger charge is -2.18. The monoisotopic (exact) mass is 295 g/mol. The van der Waals surface area contributed by atoms with Crippen molar-refractivity contribution >= 4 is 17.7 Å². The average molecular weight is 295 g/mol. The van der Waals surface area contributed by atoms with Crippen LogP contribution in [0.5, 0.6) is 0 Å². The van der Waals surface area contributed by atoms with Crippen LogP contribution in [0.4, 0.5) is 0 Å². The van der Waals surface area contributed by atoms with Gasteiger partial charge in [0, 0.05) is 12.3 Å².